The molecule has 1 aromatic heterocycles. The summed E-state index contributed by atoms with van der Waals surface area (Å²) in [4.78, 5) is 0. The molecule has 0 amide bonds. The Morgan fingerprint density at radius 3 is 2.17 bits per heavy atom. The summed E-state index contributed by atoms with van der Waals surface area (Å²) in [6.45, 7) is 4.24. The van der Waals surface area contributed by atoms with Crippen LogP contribution in [0.1, 0.15) is 11.4 Å². The van der Waals surface area contributed by atoms with Crippen molar-refractivity contribution in [2.24, 2.45) is 0 Å². The van der Waals surface area contributed by atoms with Crippen LogP contribution in [0.25, 0.3) is 16.5 Å². The third kappa shape index (κ3) is 2.97. The van der Waals surface area contributed by atoms with E-state index in [0.717, 1.165) is 33.7 Å². The number of para-hydroxylation sites is 1. The molecule has 0 spiro atoms. The van der Waals surface area contributed by atoms with Crippen LogP contribution in [0, 0.1) is 13.8 Å². The SMILES string of the molecule is COc1cc(OC)c2c(C)[n+](-c3ccccc3)c(C)cc2c1.[Cl-]. The summed E-state index contributed by atoms with van der Waals surface area (Å²) in [6.07, 6.45) is 0. The third-order valence-corrected chi connectivity index (χ3v) is 3.99. The molecule has 3 aromatic rings. The highest BCUT2D eigenvalue weighted by molar-refractivity contribution is 5.91. The molecule has 120 valence electrons. The summed E-state index contributed by atoms with van der Waals surface area (Å²) in [6, 6.07) is 16.5. The van der Waals surface area contributed by atoms with Crippen LogP contribution in [0.2, 0.25) is 0 Å². The number of fused-ring (bicyclic) bond motifs is 1. The number of halogens is 1. The lowest BCUT2D eigenvalue weighted by atomic mass is 10.1. The summed E-state index contributed by atoms with van der Waals surface area (Å²) < 4.78 is 13.2. The van der Waals surface area contributed by atoms with E-state index < -0.39 is 0 Å². The molecule has 0 saturated carbocycles. The molecule has 0 radical (unpaired) electrons. The maximum absolute atomic E-state index is 5.59. The monoisotopic (exact) mass is 329 g/mol. The Labute approximate surface area is 142 Å². The van der Waals surface area contributed by atoms with E-state index >= 15 is 0 Å². The quantitative estimate of drug-likeness (QED) is 0.662. The van der Waals surface area contributed by atoms with Crippen molar-refractivity contribution in [3.63, 3.8) is 0 Å². The Morgan fingerprint density at radius 2 is 1.57 bits per heavy atom. The fourth-order valence-electron chi connectivity index (χ4n) is 3.03. The number of hydrogen-bond donors (Lipinski definition) is 0. The van der Waals surface area contributed by atoms with Crippen LogP contribution in [-0.2, 0) is 0 Å². The number of pyridine rings is 1. The highest BCUT2D eigenvalue weighted by Crippen LogP contribution is 2.33. The smallest absolute Gasteiger partial charge is 0.211 e. The van der Waals surface area contributed by atoms with Crippen LogP contribution in [0.3, 0.4) is 0 Å². The number of benzene rings is 2. The zero-order valence-electron chi connectivity index (χ0n) is 13.8. The number of ether oxygens (including phenoxy) is 2. The zero-order valence-corrected chi connectivity index (χ0v) is 14.5. The van der Waals surface area contributed by atoms with Crippen LogP contribution in [0.15, 0.2) is 48.5 Å². The second-order valence-electron chi connectivity index (χ2n) is 5.34. The number of methoxy groups -OCH3 is 2. The molecule has 23 heavy (non-hydrogen) atoms. The number of hydrogen-bond acceptors (Lipinski definition) is 2. The first-order valence-electron chi connectivity index (χ1n) is 7.29. The normalized spacial score (nSPS) is 10.3. The summed E-state index contributed by atoms with van der Waals surface area (Å²) in [5, 5.41) is 2.23. The molecule has 0 N–H and O–H groups in total. The van der Waals surface area contributed by atoms with E-state index in [1.807, 2.05) is 18.2 Å². The van der Waals surface area contributed by atoms with Gasteiger partial charge in [0.15, 0.2) is 11.4 Å². The molecular formula is C19H20ClNO2. The molecule has 2 aromatic carbocycles. The zero-order chi connectivity index (χ0) is 15.7. The molecule has 0 saturated heterocycles. The first-order valence-corrected chi connectivity index (χ1v) is 7.29. The van der Waals surface area contributed by atoms with Crippen molar-refractivity contribution in [3.05, 3.63) is 59.9 Å². The topological polar surface area (TPSA) is 22.3 Å². The average Bonchev–Trinajstić information content (AvgIpc) is 2.54. The second-order valence-corrected chi connectivity index (χ2v) is 5.34. The largest absolute Gasteiger partial charge is 1.00 e. The minimum Gasteiger partial charge on any atom is -1.00 e. The molecule has 0 fully saturated rings. The van der Waals surface area contributed by atoms with Crippen LogP contribution >= 0.6 is 0 Å². The van der Waals surface area contributed by atoms with Crippen molar-refractivity contribution < 1.29 is 26.4 Å². The highest BCUT2D eigenvalue weighted by Gasteiger charge is 2.21. The Bertz CT molecular complexity index is 832. The van der Waals surface area contributed by atoms with Gasteiger partial charge in [-0.3, -0.25) is 0 Å². The molecule has 0 bridgehead atoms. The van der Waals surface area contributed by atoms with E-state index in [1.165, 1.54) is 5.69 Å². The molecule has 1 heterocycles. The molecule has 0 aliphatic rings. The van der Waals surface area contributed by atoms with E-state index in [2.05, 4.69) is 48.7 Å². The summed E-state index contributed by atoms with van der Waals surface area (Å²) in [5.74, 6) is 1.64. The molecule has 3 rings (SSSR count). The van der Waals surface area contributed by atoms with Crippen LogP contribution in [0.5, 0.6) is 11.5 Å². The molecule has 0 aliphatic heterocycles. The lowest BCUT2D eigenvalue weighted by Gasteiger charge is -2.12. The Balaban J connectivity index is 0.00000192. The van der Waals surface area contributed by atoms with Crippen molar-refractivity contribution in [2.75, 3.05) is 14.2 Å². The van der Waals surface area contributed by atoms with Crippen molar-refractivity contribution in [2.45, 2.75) is 13.8 Å². The van der Waals surface area contributed by atoms with Crippen LogP contribution in [-0.4, -0.2) is 14.2 Å². The van der Waals surface area contributed by atoms with Crippen molar-refractivity contribution in [1.82, 2.24) is 0 Å². The third-order valence-electron chi connectivity index (χ3n) is 3.99. The van der Waals surface area contributed by atoms with Gasteiger partial charge in [0.25, 0.3) is 0 Å². The molecule has 0 unspecified atom stereocenters. The fourth-order valence-corrected chi connectivity index (χ4v) is 3.03. The first-order chi connectivity index (χ1) is 10.7. The van der Waals surface area contributed by atoms with Crippen LogP contribution in [0.4, 0.5) is 0 Å². The van der Waals surface area contributed by atoms with Gasteiger partial charge in [-0.1, -0.05) is 18.2 Å². The average molecular weight is 330 g/mol. The van der Waals surface area contributed by atoms with E-state index in [4.69, 9.17) is 9.47 Å². The second kappa shape index (κ2) is 6.88. The van der Waals surface area contributed by atoms with Gasteiger partial charge in [-0.25, -0.2) is 0 Å². The fraction of sp³-hybridized carbons (Fsp3) is 0.211. The maximum Gasteiger partial charge on any atom is 0.211 e. The van der Waals surface area contributed by atoms with Gasteiger partial charge in [0.05, 0.1) is 19.6 Å². The predicted octanol–water partition coefficient (Wildman–Crippen LogP) is 0.755. The highest BCUT2D eigenvalue weighted by atomic mass is 35.5. The van der Waals surface area contributed by atoms with Gasteiger partial charge in [-0.15, -0.1) is 0 Å². The van der Waals surface area contributed by atoms with E-state index in [1.54, 1.807) is 14.2 Å². The number of nitrogens with zero attached hydrogens (tertiary/aromatic N) is 1. The van der Waals surface area contributed by atoms with Gasteiger partial charge in [-0.2, -0.15) is 4.57 Å². The Hall–Kier alpha value is -2.26. The lowest BCUT2D eigenvalue weighted by Crippen LogP contribution is -3.00. The van der Waals surface area contributed by atoms with Crippen molar-refractivity contribution in [1.29, 1.82) is 0 Å². The number of aromatic nitrogens is 1. The van der Waals surface area contributed by atoms with E-state index in [0.29, 0.717) is 0 Å². The van der Waals surface area contributed by atoms with E-state index in [-0.39, 0.29) is 12.4 Å². The summed E-state index contributed by atoms with van der Waals surface area (Å²) in [7, 11) is 3.37. The van der Waals surface area contributed by atoms with Crippen molar-refractivity contribution in [3.8, 4) is 17.2 Å². The molecule has 3 nitrogen and oxygen atoms in total. The summed E-state index contributed by atoms with van der Waals surface area (Å²) >= 11 is 0. The lowest BCUT2D eigenvalue weighted by molar-refractivity contribution is -0.607. The maximum atomic E-state index is 5.59. The van der Waals surface area contributed by atoms with Gasteiger partial charge in [-0.05, 0) is 6.07 Å². The summed E-state index contributed by atoms with van der Waals surface area (Å²) in [5.41, 5.74) is 3.48. The predicted molar refractivity (Wildman–Crippen MR) is 88.1 cm³/mol. The van der Waals surface area contributed by atoms with Crippen LogP contribution < -0.4 is 26.4 Å². The molecule has 0 aliphatic carbocycles. The van der Waals surface area contributed by atoms with Gasteiger partial charge < -0.3 is 21.9 Å². The number of rotatable bonds is 3. The number of aryl methyl sites for hydroxylation is 2. The molecule has 0 atom stereocenters. The standard InChI is InChI=1S/C19H20NO2.ClH/c1-13-10-15-11-17(21-3)12-18(22-4)19(15)14(2)20(13)16-8-6-5-7-9-16;/h5-12H,1-4H3;1H/q+1;/p-1. The van der Waals surface area contributed by atoms with Gasteiger partial charge in [0.1, 0.15) is 11.5 Å². The molecule has 4 heteroatoms. The Kier molecular flexibility index (Phi) is 5.12. The van der Waals surface area contributed by atoms with E-state index in [9.17, 15) is 0 Å². The first kappa shape index (κ1) is 17.1. The minimum atomic E-state index is 0. The Morgan fingerprint density at radius 1 is 0.870 bits per heavy atom. The minimum absolute atomic E-state index is 0. The van der Waals surface area contributed by atoms with Gasteiger partial charge in [0, 0.05) is 43.5 Å². The molecular weight excluding hydrogens is 310 g/mol. The van der Waals surface area contributed by atoms with Gasteiger partial charge in [0.2, 0.25) is 5.69 Å². The van der Waals surface area contributed by atoms with Crippen molar-refractivity contribution >= 4 is 10.8 Å². The van der Waals surface area contributed by atoms with Gasteiger partial charge >= 0.3 is 0 Å².